The lowest BCUT2D eigenvalue weighted by Gasteiger charge is -2.37. The van der Waals surface area contributed by atoms with Gasteiger partial charge in [-0.25, -0.2) is 0 Å². The second-order valence-corrected chi connectivity index (χ2v) is 10.5. The van der Waals surface area contributed by atoms with Gasteiger partial charge in [-0.05, 0) is 82.6 Å². The summed E-state index contributed by atoms with van der Waals surface area (Å²) in [5.74, 6) is 0.546. The first-order valence-corrected chi connectivity index (χ1v) is 13.5. The highest BCUT2D eigenvalue weighted by atomic mass is 16.5. The third-order valence-electron chi connectivity index (χ3n) is 7.23. The quantitative estimate of drug-likeness (QED) is 0.132. The molecule has 5 atom stereocenters. The molecule has 0 aromatic carbocycles. The zero-order valence-electron chi connectivity index (χ0n) is 22.5. The van der Waals surface area contributed by atoms with Crippen molar-refractivity contribution in [2.45, 2.75) is 130 Å². The summed E-state index contributed by atoms with van der Waals surface area (Å²) in [5.41, 5.74) is 2.08. The number of allylic oxidation sites excluding steroid dienone is 4. The smallest absolute Gasteiger partial charge is 0.0818 e. The predicted octanol–water partition coefficient (Wildman–Crippen LogP) is 7.73. The van der Waals surface area contributed by atoms with Crippen molar-refractivity contribution in [1.29, 1.82) is 0 Å². The van der Waals surface area contributed by atoms with Crippen molar-refractivity contribution in [3.63, 3.8) is 0 Å². The van der Waals surface area contributed by atoms with Crippen LogP contribution in [0.3, 0.4) is 0 Å². The van der Waals surface area contributed by atoms with Gasteiger partial charge in [0.2, 0.25) is 0 Å². The first-order valence-electron chi connectivity index (χ1n) is 13.5. The van der Waals surface area contributed by atoms with Gasteiger partial charge in [0.05, 0.1) is 17.8 Å². The molecule has 3 nitrogen and oxygen atoms in total. The Balaban J connectivity index is 2.38. The Kier molecular flexibility index (Phi) is 15.2. The van der Waals surface area contributed by atoms with Gasteiger partial charge in [0.15, 0.2) is 0 Å². The van der Waals surface area contributed by atoms with E-state index in [1.54, 1.807) is 0 Å². The van der Waals surface area contributed by atoms with Crippen molar-refractivity contribution >= 4 is 0 Å². The number of hydrogen-bond acceptors (Lipinski definition) is 3. The molecule has 0 saturated carbocycles. The lowest BCUT2D eigenvalue weighted by Crippen LogP contribution is -2.38. The van der Waals surface area contributed by atoms with Gasteiger partial charge in [-0.3, -0.25) is 0 Å². The van der Waals surface area contributed by atoms with Crippen LogP contribution in [0.4, 0.5) is 0 Å². The van der Waals surface area contributed by atoms with Crippen LogP contribution >= 0.6 is 0 Å². The molecule has 3 heteroatoms. The molecule has 0 aliphatic heterocycles. The Hall–Kier alpha value is -0.900. The molecular weight excluding hydrogens is 408 g/mol. The molecule has 0 spiro atoms. The standard InChI is InChI=1S/C30H53O3/c1-7-9-13-17-24(3)18-16-21-30(6,32)20-15-12-11-14-19-27-23-28(31)25(4)26(5)29(27)33-22-10-8-2/h7,11,14,17,23,25-26,28-29,31-32H,8-10,12-13,15-16,18-22H2,1-6H3/q-1/b14-11+,24-17+. The maximum Gasteiger partial charge on any atom is 0.0818 e. The van der Waals surface area contributed by atoms with Gasteiger partial charge in [0, 0.05) is 6.61 Å². The van der Waals surface area contributed by atoms with Crippen molar-refractivity contribution in [1.82, 2.24) is 0 Å². The highest BCUT2D eigenvalue weighted by Gasteiger charge is 2.34. The average molecular weight is 462 g/mol. The van der Waals surface area contributed by atoms with Crippen LogP contribution in [0.2, 0.25) is 0 Å². The fourth-order valence-electron chi connectivity index (χ4n) is 4.60. The summed E-state index contributed by atoms with van der Waals surface area (Å²) in [4.78, 5) is 0. The zero-order valence-corrected chi connectivity index (χ0v) is 22.5. The summed E-state index contributed by atoms with van der Waals surface area (Å²) in [6.07, 6.45) is 21.9. The van der Waals surface area contributed by atoms with E-state index in [1.165, 1.54) is 11.1 Å². The first kappa shape index (κ1) is 30.1. The van der Waals surface area contributed by atoms with Crippen LogP contribution in [0.1, 0.15) is 112 Å². The van der Waals surface area contributed by atoms with E-state index in [2.05, 4.69) is 59.3 Å². The molecule has 1 aliphatic carbocycles. The molecule has 0 aromatic heterocycles. The third kappa shape index (κ3) is 12.4. The number of aliphatic hydroxyl groups excluding tert-OH is 1. The number of ether oxygens (including phenoxy) is 1. The van der Waals surface area contributed by atoms with Gasteiger partial charge >= 0.3 is 0 Å². The van der Waals surface area contributed by atoms with Crippen molar-refractivity contribution in [3.8, 4) is 0 Å². The average Bonchev–Trinajstić information content (AvgIpc) is 2.76. The third-order valence-corrected chi connectivity index (χ3v) is 7.23. The predicted molar refractivity (Wildman–Crippen MR) is 142 cm³/mol. The van der Waals surface area contributed by atoms with E-state index in [1.807, 2.05) is 13.0 Å². The first-order chi connectivity index (χ1) is 15.7. The summed E-state index contributed by atoms with van der Waals surface area (Å²) in [7, 11) is 0. The molecule has 192 valence electrons. The van der Waals surface area contributed by atoms with Crippen molar-refractivity contribution in [2.75, 3.05) is 6.61 Å². The fourth-order valence-corrected chi connectivity index (χ4v) is 4.60. The summed E-state index contributed by atoms with van der Waals surface area (Å²) in [5, 5.41) is 21.1. The Bertz CT molecular complexity index is 602. The van der Waals surface area contributed by atoms with E-state index >= 15 is 0 Å². The Morgan fingerprint density at radius 3 is 2.55 bits per heavy atom. The lowest BCUT2D eigenvalue weighted by molar-refractivity contribution is -0.0111. The van der Waals surface area contributed by atoms with Gasteiger partial charge in [-0.1, -0.05) is 63.5 Å². The maximum atomic E-state index is 10.7. The fraction of sp³-hybridized carbons (Fsp3) is 0.767. The molecule has 1 aliphatic rings. The van der Waals surface area contributed by atoms with E-state index in [-0.39, 0.29) is 18.1 Å². The summed E-state index contributed by atoms with van der Waals surface area (Å²) in [6, 6.07) is 0. The molecule has 0 bridgehead atoms. The van der Waals surface area contributed by atoms with Gasteiger partial charge in [0.1, 0.15) is 0 Å². The Morgan fingerprint density at radius 1 is 1.12 bits per heavy atom. The summed E-state index contributed by atoms with van der Waals surface area (Å²) >= 11 is 0. The van der Waals surface area contributed by atoms with Crippen molar-refractivity contribution < 1.29 is 14.9 Å². The zero-order chi connectivity index (χ0) is 24.7. The molecule has 33 heavy (non-hydrogen) atoms. The number of unbranched alkanes of at least 4 members (excludes halogenated alkanes) is 4. The molecule has 0 aromatic rings. The minimum absolute atomic E-state index is 0.109. The van der Waals surface area contributed by atoms with Crippen LogP contribution in [0.5, 0.6) is 0 Å². The topological polar surface area (TPSA) is 49.7 Å². The molecule has 1 rings (SSSR count). The molecular formula is C30H53O3-. The Labute approximate surface area is 205 Å². The molecule has 0 heterocycles. The number of hydrogen-bond donors (Lipinski definition) is 2. The van der Waals surface area contributed by atoms with Crippen LogP contribution in [0, 0.1) is 18.3 Å². The normalized spacial score (nSPS) is 25.9. The lowest BCUT2D eigenvalue weighted by atomic mass is 9.77. The molecule has 0 amide bonds. The molecule has 2 N–H and O–H groups in total. The molecule has 0 fully saturated rings. The van der Waals surface area contributed by atoms with Crippen LogP contribution in [-0.4, -0.2) is 34.6 Å². The largest absolute Gasteiger partial charge is 0.390 e. The van der Waals surface area contributed by atoms with Gasteiger partial charge in [-0.2, -0.15) is 13.3 Å². The van der Waals surface area contributed by atoms with Crippen molar-refractivity contribution in [2.24, 2.45) is 11.8 Å². The van der Waals surface area contributed by atoms with Crippen LogP contribution < -0.4 is 0 Å². The van der Waals surface area contributed by atoms with Gasteiger partial charge in [-0.15, -0.1) is 0 Å². The monoisotopic (exact) mass is 461 g/mol. The minimum atomic E-state index is -0.578. The molecule has 5 unspecified atom stereocenters. The van der Waals surface area contributed by atoms with Gasteiger partial charge < -0.3 is 21.4 Å². The van der Waals surface area contributed by atoms with Crippen LogP contribution in [0.25, 0.3) is 0 Å². The van der Waals surface area contributed by atoms with Gasteiger partial charge in [0.25, 0.3) is 0 Å². The second kappa shape index (κ2) is 16.7. The van der Waals surface area contributed by atoms with E-state index in [0.29, 0.717) is 5.92 Å². The second-order valence-electron chi connectivity index (χ2n) is 10.5. The molecule has 0 radical (unpaired) electrons. The van der Waals surface area contributed by atoms with E-state index in [9.17, 15) is 10.2 Å². The van der Waals surface area contributed by atoms with Crippen LogP contribution in [0.15, 0.2) is 35.5 Å². The number of rotatable bonds is 17. The van der Waals surface area contributed by atoms with E-state index in [4.69, 9.17) is 4.74 Å². The summed E-state index contributed by atoms with van der Waals surface area (Å²) < 4.78 is 6.22. The van der Waals surface area contributed by atoms with E-state index < -0.39 is 5.60 Å². The highest BCUT2D eigenvalue weighted by molar-refractivity contribution is 5.20. The minimum Gasteiger partial charge on any atom is -0.390 e. The maximum absolute atomic E-state index is 10.7. The SMILES string of the molecule is C[CH-]CC/C=C(\C)CCCC(C)(O)CCC/C=C/CC1=CC(O)C(C)C(C)C1OCCCC. The highest BCUT2D eigenvalue weighted by Crippen LogP contribution is 2.34. The van der Waals surface area contributed by atoms with E-state index in [0.717, 1.165) is 77.2 Å². The number of aliphatic hydroxyl groups is 2. The summed E-state index contributed by atoms with van der Waals surface area (Å²) in [6.45, 7) is 13.6. The van der Waals surface area contributed by atoms with Crippen molar-refractivity contribution in [3.05, 3.63) is 41.9 Å². The van der Waals surface area contributed by atoms with Crippen LogP contribution in [-0.2, 0) is 4.74 Å². The molecule has 0 saturated heterocycles. The Morgan fingerprint density at radius 2 is 1.85 bits per heavy atom.